The predicted octanol–water partition coefficient (Wildman–Crippen LogP) is 4.46. The number of ether oxygens (including phenoxy) is 1. The number of hydrogen-bond acceptors (Lipinski definition) is 3. The van der Waals surface area contributed by atoms with E-state index in [9.17, 15) is 14.3 Å². The number of fused-ring (bicyclic) bond motifs is 2. The van der Waals surface area contributed by atoms with E-state index in [1.807, 2.05) is 30.3 Å². The molecule has 140 valence electrons. The number of halogens is 2. The van der Waals surface area contributed by atoms with Crippen molar-refractivity contribution in [1.29, 1.82) is 0 Å². The molecule has 6 heteroatoms. The molecule has 1 aliphatic carbocycles. The number of rotatable bonds is 3. The molecule has 4 rings (SSSR count). The molecule has 0 aromatic heterocycles. The lowest BCUT2D eigenvalue weighted by Crippen LogP contribution is -2.52. The van der Waals surface area contributed by atoms with E-state index in [1.165, 1.54) is 12.1 Å². The Kier molecular flexibility index (Phi) is 5.09. The highest BCUT2D eigenvalue weighted by Gasteiger charge is 2.37. The minimum Gasteiger partial charge on any atom is -0.480 e. The Morgan fingerprint density at radius 3 is 2.44 bits per heavy atom. The molecule has 0 saturated carbocycles. The third-order valence-corrected chi connectivity index (χ3v) is 4.96. The molecule has 0 aliphatic heterocycles. The summed E-state index contributed by atoms with van der Waals surface area (Å²) in [5.74, 6) is 0.0118. The molecule has 0 fully saturated rings. The van der Waals surface area contributed by atoms with E-state index in [0.29, 0.717) is 24.3 Å². The summed E-state index contributed by atoms with van der Waals surface area (Å²) in [7, 11) is 0. The SMILES string of the molecule is Cl.NC1(C(=O)O)CCc2ccc(Oc3ccc4cc(F)ccc4c3)cc2C1. The number of carboxylic acid groups (broad SMARTS) is 1. The van der Waals surface area contributed by atoms with Crippen LogP contribution in [-0.2, 0) is 17.6 Å². The van der Waals surface area contributed by atoms with Crippen molar-refractivity contribution in [3.63, 3.8) is 0 Å². The summed E-state index contributed by atoms with van der Waals surface area (Å²) < 4.78 is 19.2. The van der Waals surface area contributed by atoms with Crippen LogP contribution in [0.3, 0.4) is 0 Å². The third-order valence-electron chi connectivity index (χ3n) is 4.96. The summed E-state index contributed by atoms with van der Waals surface area (Å²) >= 11 is 0. The van der Waals surface area contributed by atoms with Crippen LogP contribution in [0.2, 0.25) is 0 Å². The largest absolute Gasteiger partial charge is 0.480 e. The van der Waals surface area contributed by atoms with Crippen LogP contribution in [0.5, 0.6) is 11.5 Å². The van der Waals surface area contributed by atoms with Gasteiger partial charge in [0, 0.05) is 6.42 Å². The maximum absolute atomic E-state index is 13.3. The molecule has 3 aromatic carbocycles. The van der Waals surface area contributed by atoms with E-state index >= 15 is 0 Å². The van der Waals surface area contributed by atoms with Crippen LogP contribution in [-0.4, -0.2) is 16.6 Å². The van der Waals surface area contributed by atoms with Crippen molar-refractivity contribution in [2.75, 3.05) is 0 Å². The standard InChI is InChI=1S/C21H18FNO3.ClH/c22-17-4-1-15-10-18(6-3-14(15)9-17)26-19-5-2-13-7-8-21(23,20(24)25)12-16(13)11-19;/h1-6,9-11H,7-8,12,23H2,(H,24,25);1H. The molecule has 1 aliphatic rings. The summed E-state index contributed by atoms with van der Waals surface area (Å²) in [5, 5.41) is 11.1. The second-order valence-corrected chi connectivity index (χ2v) is 6.82. The number of nitrogens with two attached hydrogens (primary N) is 1. The fraction of sp³-hybridized carbons (Fsp3) is 0.190. The summed E-state index contributed by atoms with van der Waals surface area (Å²) in [5.41, 5.74) is 6.81. The first kappa shape index (κ1) is 19.1. The van der Waals surface area contributed by atoms with Crippen LogP contribution in [0.1, 0.15) is 17.5 Å². The highest BCUT2D eigenvalue weighted by Crippen LogP contribution is 2.32. The molecule has 27 heavy (non-hydrogen) atoms. The van der Waals surface area contributed by atoms with Gasteiger partial charge in [0.25, 0.3) is 0 Å². The molecule has 0 bridgehead atoms. The van der Waals surface area contributed by atoms with Gasteiger partial charge in [0.05, 0.1) is 0 Å². The average Bonchev–Trinajstić information content (AvgIpc) is 2.61. The van der Waals surface area contributed by atoms with Crippen LogP contribution < -0.4 is 10.5 Å². The fourth-order valence-corrected chi connectivity index (χ4v) is 3.44. The van der Waals surface area contributed by atoms with E-state index in [4.69, 9.17) is 10.5 Å². The molecule has 0 amide bonds. The number of aryl methyl sites for hydroxylation is 1. The van der Waals surface area contributed by atoms with Crippen LogP contribution in [0.25, 0.3) is 10.8 Å². The van der Waals surface area contributed by atoms with Gasteiger partial charge in [0.2, 0.25) is 0 Å². The molecule has 0 heterocycles. The first-order valence-electron chi connectivity index (χ1n) is 8.44. The minimum atomic E-state index is -1.22. The van der Waals surface area contributed by atoms with Gasteiger partial charge in [-0.1, -0.05) is 18.2 Å². The van der Waals surface area contributed by atoms with Crippen molar-refractivity contribution in [2.45, 2.75) is 24.8 Å². The quantitative estimate of drug-likeness (QED) is 0.695. The molecule has 3 N–H and O–H groups in total. The maximum Gasteiger partial charge on any atom is 0.324 e. The molecule has 0 spiro atoms. The average molecular weight is 388 g/mol. The molecular formula is C21H19ClFNO3. The second-order valence-electron chi connectivity index (χ2n) is 6.82. The smallest absolute Gasteiger partial charge is 0.324 e. The van der Waals surface area contributed by atoms with E-state index in [-0.39, 0.29) is 24.6 Å². The van der Waals surface area contributed by atoms with Gasteiger partial charge in [0.15, 0.2) is 0 Å². The van der Waals surface area contributed by atoms with Gasteiger partial charge in [-0.25, -0.2) is 4.39 Å². The molecule has 1 unspecified atom stereocenters. The zero-order valence-electron chi connectivity index (χ0n) is 14.4. The molecule has 0 saturated heterocycles. The maximum atomic E-state index is 13.3. The minimum absolute atomic E-state index is 0. The lowest BCUT2D eigenvalue weighted by Gasteiger charge is -2.30. The van der Waals surface area contributed by atoms with Gasteiger partial charge in [-0.3, -0.25) is 4.79 Å². The predicted molar refractivity (Wildman–Crippen MR) is 104 cm³/mol. The van der Waals surface area contributed by atoms with Gasteiger partial charge in [-0.05, 0) is 71.1 Å². The number of hydrogen-bond donors (Lipinski definition) is 2. The highest BCUT2D eigenvalue weighted by molar-refractivity contribution is 5.85. The molecular weight excluding hydrogens is 369 g/mol. The van der Waals surface area contributed by atoms with Crippen molar-refractivity contribution in [3.05, 3.63) is 71.5 Å². The van der Waals surface area contributed by atoms with Crippen LogP contribution in [0, 0.1) is 5.82 Å². The van der Waals surface area contributed by atoms with Crippen LogP contribution in [0.15, 0.2) is 54.6 Å². The first-order chi connectivity index (χ1) is 12.4. The Morgan fingerprint density at radius 1 is 1.00 bits per heavy atom. The van der Waals surface area contributed by atoms with Crippen molar-refractivity contribution < 1.29 is 19.0 Å². The van der Waals surface area contributed by atoms with Gasteiger partial charge < -0.3 is 15.6 Å². The Hall–Kier alpha value is -2.63. The third kappa shape index (κ3) is 3.75. The van der Waals surface area contributed by atoms with Gasteiger partial charge in [-0.15, -0.1) is 12.4 Å². The zero-order chi connectivity index (χ0) is 18.3. The first-order valence-corrected chi connectivity index (χ1v) is 8.44. The topological polar surface area (TPSA) is 72.6 Å². The van der Waals surface area contributed by atoms with E-state index in [1.54, 1.807) is 12.1 Å². The van der Waals surface area contributed by atoms with Crippen molar-refractivity contribution in [2.24, 2.45) is 5.73 Å². The van der Waals surface area contributed by atoms with Crippen molar-refractivity contribution in [1.82, 2.24) is 0 Å². The number of benzene rings is 3. The second kappa shape index (κ2) is 7.18. The Bertz CT molecular complexity index is 1020. The lowest BCUT2D eigenvalue weighted by atomic mass is 9.78. The highest BCUT2D eigenvalue weighted by atomic mass is 35.5. The van der Waals surface area contributed by atoms with Crippen LogP contribution >= 0.6 is 12.4 Å². The Labute approximate surface area is 162 Å². The van der Waals surface area contributed by atoms with Crippen LogP contribution in [0.4, 0.5) is 4.39 Å². The van der Waals surface area contributed by atoms with E-state index < -0.39 is 11.5 Å². The zero-order valence-corrected chi connectivity index (χ0v) is 15.3. The monoisotopic (exact) mass is 387 g/mol. The Morgan fingerprint density at radius 2 is 1.67 bits per heavy atom. The number of carbonyl (C=O) groups is 1. The molecule has 4 nitrogen and oxygen atoms in total. The summed E-state index contributed by atoms with van der Waals surface area (Å²) in [6.07, 6.45) is 1.35. The fourth-order valence-electron chi connectivity index (χ4n) is 3.44. The van der Waals surface area contributed by atoms with E-state index in [2.05, 4.69) is 0 Å². The Balaban J connectivity index is 0.00000210. The summed E-state index contributed by atoms with van der Waals surface area (Å²) in [6, 6.07) is 15.7. The number of aliphatic carboxylic acids is 1. The van der Waals surface area contributed by atoms with Gasteiger partial charge >= 0.3 is 5.97 Å². The molecule has 3 aromatic rings. The van der Waals surface area contributed by atoms with Crippen molar-refractivity contribution >= 4 is 29.1 Å². The molecule has 1 atom stereocenters. The van der Waals surface area contributed by atoms with E-state index in [0.717, 1.165) is 21.9 Å². The number of carboxylic acids is 1. The van der Waals surface area contributed by atoms with Gasteiger partial charge in [0.1, 0.15) is 22.9 Å². The lowest BCUT2D eigenvalue weighted by molar-refractivity contribution is -0.143. The van der Waals surface area contributed by atoms with Crippen molar-refractivity contribution in [3.8, 4) is 11.5 Å². The van der Waals surface area contributed by atoms with Gasteiger partial charge in [-0.2, -0.15) is 0 Å². The molecule has 0 radical (unpaired) electrons. The summed E-state index contributed by atoms with van der Waals surface area (Å²) in [4.78, 5) is 11.4. The normalized spacial score (nSPS) is 18.4. The summed E-state index contributed by atoms with van der Waals surface area (Å²) in [6.45, 7) is 0.